The first-order chi connectivity index (χ1) is 12.2. The van der Waals surface area contributed by atoms with Gasteiger partial charge >= 0.3 is 0 Å². The molecule has 0 saturated carbocycles. The number of aromatic nitrogens is 3. The molecule has 3 aromatic rings. The average Bonchev–Trinajstić information content (AvgIpc) is 2.98. The number of hydrogen-bond acceptors (Lipinski definition) is 4. The summed E-state index contributed by atoms with van der Waals surface area (Å²) in [6.07, 6.45) is 1.03. The lowest BCUT2D eigenvalue weighted by molar-refractivity contribution is 0.290. The number of ether oxygens (including phenoxy) is 1. The fourth-order valence-corrected chi connectivity index (χ4v) is 3.39. The molecule has 5 heteroatoms. The first kappa shape index (κ1) is 17.5. The smallest absolute Gasteiger partial charge is 0.191 e. The molecule has 0 saturated heterocycles. The number of hydrogen-bond donors (Lipinski definition) is 0. The van der Waals surface area contributed by atoms with Crippen molar-refractivity contribution in [1.82, 2.24) is 14.8 Å². The Labute approximate surface area is 153 Å². The third-order valence-corrected chi connectivity index (χ3v) is 5.17. The highest BCUT2D eigenvalue weighted by Crippen LogP contribution is 2.22. The average molecular weight is 353 g/mol. The largest absolute Gasteiger partial charge is 0.486 e. The summed E-state index contributed by atoms with van der Waals surface area (Å²) in [5.41, 5.74) is 3.88. The van der Waals surface area contributed by atoms with Crippen LogP contribution >= 0.6 is 11.8 Å². The molecule has 0 atom stereocenters. The molecule has 0 aliphatic carbocycles. The lowest BCUT2D eigenvalue weighted by atomic mass is 10.2. The minimum absolute atomic E-state index is 0.417. The SMILES string of the molecule is CCc1ccc(OCc2nnc(SCc3cccc(C)c3)n2C)cc1. The van der Waals surface area contributed by atoms with E-state index in [0.717, 1.165) is 28.9 Å². The predicted molar refractivity (Wildman–Crippen MR) is 102 cm³/mol. The van der Waals surface area contributed by atoms with Gasteiger partial charge in [-0.15, -0.1) is 10.2 Å². The van der Waals surface area contributed by atoms with Crippen LogP contribution in [0.25, 0.3) is 0 Å². The molecule has 0 amide bonds. The van der Waals surface area contributed by atoms with E-state index in [9.17, 15) is 0 Å². The molecule has 0 fully saturated rings. The molecule has 1 heterocycles. The van der Waals surface area contributed by atoms with Gasteiger partial charge < -0.3 is 9.30 Å². The molecule has 0 N–H and O–H groups in total. The lowest BCUT2D eigenvalue weighted by Crippen LogP contribution is -2.04. The molecular formula is C20H23N3OS. The normalized spacial score (nSPS) is 10.8. The summed E-state index contributed by atoms with van der Waals surface area (Å²) < 4.78 is 7.83. The van der Waals surface area contributed by atoms with Crippen molar-refractivity contribution in [2.24, 2.45) is 7.05 Å². The van der Waals surface area contributed by atoms with Crippen molar-refractivity contribution in [3.05, 3.63) is 71.0 Å². The Balaban J connectivity index is 1.58. The first-order valence-corrected chi connectivity index (χ1v) is 9.42. The van der Waals surface area contributed by atoms with Gasteiger partial charge in [0, 0.05) is 12.8 Å². The molecule has 0 aliphatic heterocycles. The summed E-state index contributed by atoms with van der Waals surface area (Å²) >= 11 is 1.69. The zero-order valence-corrected chi connectivity index (χ0v) is 15.7. The Morgan fingerprint density at radius 1 is 1.04 bits per heavy atom. The van der Waals surface area contributed by atoms with Gasteiger partial charge in [-0.1, -0.05) is 60.6 Å². The van der Waals surface area contributed by atoms with Crippen molar-refractivity contribution in [3.8, 4) is 5.75 Å². The highest BCUT2D eigenvalue weighted by Gasteiger charge is 2.10. The molecule has 4 nitrogen and oxygen atoms in total. The van der Waals surface area contributed by atoms with E-state index in [-0.39, 0.29) is 0 Å². The summed E-state index contributed by atoms with van der Waals surface area (Å²) in [7, 11) is 1.98. The van der Waals surface area contributed by atoms with Gasteiger partial charge in [0.15, 0.2) is 11.0 Å². The van der Waals surface area contributed by atoms with E-state index in [1.54, 1.807) is 11.8 Å². The topological polar surface area (TPSA) is 39.9 Å². The predicted octanol–water partition coefficient (Wildman–Crippen LogP) is 4.56. The van der Waals surface area contributed by atoms with E-state index in [1.165, 1.54) is 16.7 Å². The van der Waals surface area contributed by atoms with Crippen molar-refractivity contribution in [2.75, 3.05) is 0 Å². The van der Waals surface area contributed by atoms with Crippen molar-refractivity contribution < 1.29 is 4.74 Å². The minimum atomic E-state index is 0.417. The van der Waals surface area contributed by atoms with Crippen LogP contribution in [0.1, 0.15) is 29.4 Å². The van der Waals surface area contributed by atoms with Crippen molar-refractivity contribution in [2.45, 2.75) is 37.8 Å². The number of thioether (sulfide) groups is 1. The Morgan fingerprint density at radius 2 is 1.84 bits per heavy atom. The van der Waals surface area contributed by atoms with Crippen LogP contribution in [0.3, 0.4) is 0 Å². The highest BCUT2D eigenvalue weighted by molar-refractivity contribution is 7.98. The van der Waals surface area contributed by atoms with E-state index in [2.05, 4.69) is 60.4 Å². The van der Waals surface area contributed by atoms with E-state index >= 15 is 0 Å². The van der Waals surface area contributed by atoms with Gasteiger partial charge in [0.05, 0.1) is 0 Å². The second kappa shape index (κ2) is 8.21. The van der Waals surface area contributed by atoms with Crippen LogP contribution < -0.4 is 4.74 Å². The van der Waals surface area contributed by atoms with Gasteiger partial charge in [-0.25, -0.2) is 0 Å². The summed E-state index contributed by atoms with van der Waals surface area (Å²) in [5.74, 6) is 2.56. The molecule has 0 aliphatic rings. The number of aryl methyl sites for hydroxylation is 2. The molecule has 25 heavy (non-hydrogen) atoms. The van der Waals surface area contributed by atoms with E-state index < -0.39 is 0 Å². The maximum Gasteiger partial charge on any atom is 0.191 e. The Morgan fingerprint density at radius 3 is 2.56 bits per heavy atom. The van der Waals surface area contributed by atoms with Gasteiger partial charge in [0.25, 0.3) is 0 Å². The number of nitrogens with zero attached hydrogens (tertiary/aromatic N) is 3. The fourth-order valence-electron chi connectivity index (χ4n) is 2.52. The van der Waals surface area contributed by atoms with E-state index in [4.69, 9.17) is 4.74 Å². The molecule has 0 spiro atoms. The van der Waals surface area contributed by atoms with Crippen LogP contribution in [0.15, 0.2) is 53.7 Å². The zero-order valence-electron chi connectivity index (χ0n) is 14.9. The third kappa shape index (κ3) is 4.63. The van der Waals surface area contributed by atoms with Crippen molar-refractivity contribution >= 4 is 11.8 Å². The minimum Gasteiger partial charge on any atom is -0.486 e. The second-order valence-electron chi connectivity index (χ2n) is 6.02. The summed E-state index contributed by atoms with van der Waals surface area (Å²) in [5, 5.41) is 9.45. The second-order valence-corrected chi connectivity index (χ2v) is 6.96. The van der Waals surface area contributed by atoms with Gasteiger partial charge in [-0.05, 0) is 36.6 Å². The molecule has 0 radical (unpaired) electrons. The standard InChI is InChI=1S/C20H23N3OS/c1-4-16-8-10-18(11-9-16)24-13-19-21-22-20(23(19)3)25-14-17-7-5-6-15(2)12-17/h5-12H,4,13-14H2,1-3H3. The third-order valence-electron chi connectivity index (χ3n) is 4.08. The monoisotopic (exact) mass is 353 g/mol. The van der Waals surface area contributed by atoms with Crippen LogP contribution in [0, 0.1) is 6.92 Å². The first-order valence-electron chi connectivity index (χ1n) is 8.44. The fraction of sp³-hybridized carbons (Fsp3) is 0.300. The Bertz CT molecular complexity index is 827. The van der Waals surface area contributed by atoms with Crippen molar-refractivity contribution in [1.29, 1.82) is 0 Å². The molecule has 3 rings (SSSR count). The molecule has 130 valence electrons. The Hall–Kier alpha value is -2.27. The molecule has 2 aromatic carbocycles. The Kier molecular flexibility index (Phi) is 5.76. The van der Waals surface area contributed by atoms with Gasteiger partial charge in [0.2, 0.25) is 0 Å². The van der Waals surface area contributed by atoms with Crippen molar-refractivity contribution in [3.63, 3.8) is 0 Å². The quantitative estimate of drug-likeness (QED) is 0.584. The van der Waals surface area contributed by atoms with Gasteiger partial charge in [-0.2, -0.15) is 0 Å². The van der Waals surface area contributed by atoms with Crippen LogP contribution in [-0.4, -0.2) is 14.8 Å². The zero-order chi connectivity index (χ0) is 17.6. The van der Waals surface area contributed by atoms with Crippen LogP contribution in [0.4, 0.5) is 0 Å². The summed E-state index contributed by atoms with van der Waals surface area (Å²) in [6.45, 7) is 4.67. The maximum absolute atomic E-state index is 5.83. The van der Waals surface area contributed by atoms with E-state index in [1.807, 2.05) is 23.7 Å². The van der Waals surface area contributed by atoms with Crippen LogP contribution in [-0.2, 0) is 25.8 Å². The molecule has 1 aromatic heterocycles. The molecular weight excluding hydrogens is 330 g/mol. The lowest BCUT2D eigenvalue weighted by Gasteiger charge is -2.07. The maximum atomic E-state index is 5.83. The van der Waals surface area contributed by atoms with Gasteiger partial charge in [-0.3, -0.25) is 0 Å². The number of rotatable bonds is 7. The molecule has 0 bridgehead atoms. The van der Waals surface area contributed by atoms with E-state index in [0.29, 0.717) is 6.61 Å². The highest BCUT2D eigenvalue weighted by atomic mass is 32.2. The molecule has 0 unspecified atom stereocenters. The summed E-state index contributed by atoms with van der Waals surface area (Å²) in [6, 6.07) is 16.7. The van der Waals surface area contributed by atoms with Gasteiger partial charge in [0.1, 0.15) is 12.4 Å². The van der Waals surface area contributed by atoms with Crippen LogP contribution in [0.5, 0.6) is 5.75 Å². The van der Waals surface area contributed by atoms with Crippen LogP contribution in [0.2, 0.25) is 0 Å². The summed E-state index contributed by atoms with van der Waals surface area (Å²) in [4.78, 5) is 0. The number of benzene rings is 2.